The summed E-state index contributed by atoms with van der Waals surface area (Å²) >= 11 is 0. The second-order valence-corrected chi connectivity index (χ2v) is 5.99. The van der Waals surface area contributed by atoms with Crippen LogP contribution in [0.15, 0.2) is 24.3 Å². The van der Waals surface area contributed by atoms with Crippen LogP contribution in [0.5, 0.6) is 11.5 Å². The van der Waals surface area contributed by atoms with Crippen LogP contribution in [0, 0.1) is 0 Å². The molecular weight excluding hydrogens is 292 g/mol. The average Bonchev–Trinajstić information content (AvgIpc) is 3.08. The van der Waals surface area contributed by atoms with E-state index in [0.717, 1.165) is 25.1 Å². The molecule has 0 spiro atoms. The van der Waals surface area contributed by atoms with Crippen molar-refractivity contribution in [1.29, 1.82) is 0 Å². The third-order valence-electron chi connectivity index (χ3n) is 4.12. The van der Waals surface area contributed by atoms with Crippen molar-refractivity contribution in [2.24, 2.45) is 0 Å². The van der Waals surface area contributed by atoms with Crippen LogP contribution >= 0.6 is 0 Å². The summed E-state index contributed by atoms with van der Waals surface area (Å²) in [5.41, 5.74) is 0. The molecule has 0 radical (unpaired) electrons. The highest BCUT2D eigenvalue weighted by Crippen LogP contribution is 2.19. The lowest BCUT2D eigenvalue weighted by atomic mass is 10.2. The Labute approximate surface area is 139 Å². The van der Waals surface area contributed by atoms with Gasteiger partial charge in [0.2, 0.25) is 0 Å². The summed E-state index contributed by atoms with van der Waals surface area (Å²) in [6, 6.07) is 7.29. The summed E-state index contributed by atoms with van der Waals surface area (Å²) in [5.74, 6) is 1.28. The van der Waals surface area contributed by atoms with Crippen LogP contribution in [0.4, 0.5) is 0 Å². The lowest BCUT2D eigenvalue weighted by Crippen LogP contribution is -2.37. The summed E-state index contributed by atoms with van der Waals surface area (Å²) in [4.78, 5) is 14.5. The number of methoxy groups -OCH3 is 1. The van der Waals surface area contributed by atoms with Gasteiger partial charge >= 0.3 is 0 Å². The summed E-state index contributed by atoms with van der Waals surface area (Å²) in [5, 5.41) is 2.94. The molecule has 5 heteroatoms. The number of hydrogen-bond donors (Lipinski definition) is 1. The number of rotatable bonds is 9. The number of unbranched alkanes of at least 4 members (excludes halogenated alkanes) is 1. The first-order valence-electron chi connectivity index (χ1n) is 8.50. The monoisotopic (exact) mass is 320 g/mol. The maximum atomic E-state index is 12.0. The van der Waals surface area contributed by atoms with E-state index in [1.54, 1.807) is 20.1 Å². The summed E-state index contributed by atoms with van der Waals surface area (Å²) in [6.45, 7) is 6.08. The highest BCUT2D eigenvalue weighted by molar-refractivity contribution is 5.80. The van der Waals surface area contributed by atoms with Crippen molar-refractivity contribution in [1.82, 2.24) is 10.2 Å². The first-order valence-corrected chi connectivity index (χ1v) is 8.50. The minimum Gasteiger partial charge on any atom is -0.497 e. The quantitative estimate of drug-likeness (QED) is 0.710. The van der Waals surface area contributed by atoms with Crippen molar-refractivity contribution in [3.63, 3.8) is 0 Å². The molecule has 1 fully saturated rings. The van der Waals surface area contributed by atoms with E-state index < -0.39 is 6.10 Å². The molecule has 1 aromatic rings. The van der Waals surface area contributed by atoms with E-state index in [9.17, 15) is 4.79 Å². The molecule has 1 N–H and O–H groups in total. The van der Waals surface area contributed by atoms with E-state index in [1.165, 1.54) is 25.9 Å². The van der Waals surface area contributed by atoms with Crippen LogP contribution in [-0.4, -0.2) is 50.2 Å². The van der Waals surface area contributed by atoms with Gasteiger partial charge in [-0.25, -0.2) is 0 Å². The Hall–Kier alpha value is -1.75. The number of likely N-dealkylation sites (tertiary alicyclic amines) is 1. The Balaban J connectivity index is 1.62. The zero-order valence-corrected chi connectivity index (χ0v) is 14.2. The fraction of sp³-hybridized carbons (Fsp3) is 0.611. The van der Waals surface area contributed by atoms with Gasteiger partial charge in [-0.05, 0) is 64.4 Å². The Morgan fingerprint density at radius 3 is 2.74 bits per heavy atom. The van der Waals surface area contributed by atoms with Crippen LogP contribution < -0.4 is 14.8 Å². The molecule has 0 saturated carbocycles. The van der Waals surface area contributed by atoms with Crippen molar-refractivity contribution in [3.05, 3.63) is 24.3 Å². The second-order valence-electron chi connectivity index (χ2n) is 5.99. The van der Waals surface area contributed by atoms with Gasteiger partial charge in [-0.2, -0.15) is 0 Å². The molecule has 1 aromatic carbocycles. The number of ether oxygens (including phenoxy) is 2. The topological polar surface area (TPSA) is 50.8 Å². The molecule has 0 bridgehead atoms. The van der Waals surface area contributed by atoms with Crippen LogP contribution in [0.3, 0.4) is 0 Å². The summed E-state index contributed by atoms with van der Waals surface area (Å²) in [7, 11) is 1.61. The van der Waals surface area contributed by atoms with Crippen molar-refractivity contribution in [3.8, 4) is 11.5 Å². The normalized spacial score (nSPS) is 16.1. The number of amides is 1. The van der Waals surface area contributed by atoms with Gasteiger partial charge in [-0.15, -0.1) is 0 Å². The highest BCUT2D eigenvalue weighted by Gasteiger charge is 2.14. The number of nitrogens with one attached hydrogen (secondary N) is 1. The molecule has 2 rings (SSSR count). The van der Waals surface area contributed by atoms with Crippen LogP contribution in [-0.2, 0) is 4.79 Å². The molecule has 23 heavy (non-hydrogen) atoms. The number of benzene rings is 1. The van der Waals surface area contributed by atoms with Crippen molar-refractivity contribution in [2.75, 3.05) is 33.3 Å². The standard InChI is InChI=1S/C18H28N2O3/c1-15(23-17-9-7-8-16(14-17)22-2)18(21)19-10-3-4-11-20-12-5-6-13-20/h7-9,14-15H,3-6,10-13H2,1-2H3,(H,19,21). The fourth-order valence-electron chi connectivity index (χ4n) is 2.75. The molecule has 1 aliphatic rings. The fourth-order valence-corrected chi connectivity index (χ4v) is 2.75. The minimum absolute atomic E-state index is 0.0750. The van der Waals surface area contributed by atoms with Crippen molar-refractivity contribution < 1.29 is 14.3 Å². The van der Waals surface area contributed by atoms with E-state index in [0.29, 0.717) is 12.3 Å². The molecule has 128 valence electrons. The molecule has 1 amide bonds. The maximum absolute atomic E-state index is 12.0. The lowest BCUT2D eigenvalue weighted by Gasteiger charge is -2.16. The molecule has 1 atom stereocenters. The van der Waals surface area contributed by atoms with Gasteiger partial charge in [0.05, 0.1) is 7.11 Å². The van der Waals surface area contributed by atoms with E-state index in [1.807, 2.05) is 18.2 Å². The van der Waals surface area contributed by atoms with Crippen LogP contribution in [0.2, 0.25) is 0 Å². The van der Waals surface area contributed by atoms with Crippen LogP contribution in [0.25, 0.3) is 0 Å². The molecule has 1 saturated heterocycles. The van der Waals surface area contributed by atoms with E-state index in [2.05, 4.69) is 10.2 Å². The predicted molar refractivity (Wildman–Crippen MR) is 91.0 cm³/mol. The number of nitrogens with zero attached hydrogens (tertiary/aromatic N) is 1. The average molecular weight is 320 g/mol. The number of carbonyl (C=O) groups excluding carboxylic acids is 1. The minimum atomic E-state index is -0.513. The van der Waals surface area contributed by atoms with Gasteiger partial charge in [0.1, 0.15) is 11.5 Å². The lowest BCUT2D eigenvalue weighted by molar-refractivity contribution is -0.127. The zero-order valence-electron chi connectivity index (χ0n) is 14.2. The van der Waals surface area contributed by atoms with Gasteiger partial charge in [0.15, 0.2) is 6.10 Å². The van der Waals surface area contributed by atoms with Gasteiger partial charge < -0.3 is 19.7 Å². The Bertz CT molecular complexity index is 487. The van der Waals surface area contributed by atoms with Crippen molar-refractivity contribution in [2.45, 2.75) is 38.7 Å². The molecule has 1 heterocycles. The molecule has 5 nitrogen and oxygen atoms in total. The molecule has 0 aromatic heterocycles. The van der Waals surface area contributed by atoms with Gasteiger partial charge in [0, 0.05) is 12.6 Å². The van der Waals surface area contributed by atoms with E-state index in [-0.39, 0.29) is 5.91 Å². The summed E-state index contributed by atoms with van der Waals surface area (Å²) in [6.07, 6.45) is 4.28. The molecule has 1 unspecified atom stereocenters. The van der Waals surface area contributed by atoms with Crippen LogP contribution in [0.1, 0.15) is 32.6 Å². The van der Waals surface area contributed by atoms with Crippen molar-refractivity contribution >= 4 is 5.91 Å². The van der Waals surface area contributed by atoms with Gasteiger partial charge in [-0.1, -0.05) is 6.07 Å². The first kappa shape index (κ1) is 17.6. The second kappa shape index (κ2) is 9.40. The Morgan fingerprint density at radius 1 is 1.26 bits per heavy atom. The number of carbonyl (C=O) groups is 1. The first-order chi connectivity index (χ1) is 11.2. The zero-order chi connectivity index (χ0) is 16.5. The Kier molecular flexibility index (Phi) is 7.20. The molecule has 1 aliphatic heterocycles. The molecular formula is C18H28N2O3. The third-order valence-corrected chi connectivity index (χ3v) is 4.12. The summed E-state index contributed by atoms with van der Waals surface area (Å²) < 4.78 is 10.8. The van der Waals surface area contributed by atoms with Gasteiger partial charge in [0.25, 0.3) is 5.91 Å². The van der Waals surface area contributed by atoms with E-state index in [4.69, 9.17) is 9.47 Å². The third kappa shape index (κ3) is 6.10. The largest absolute Gasteiger partial charge is 0.497 e. The smallest absolute Gasteiger partial charge is 0.260 e. The Morgan fingerprint density at radius 2 is 2.00 bits per heavy atom. The van der Waals surface area contributed by atoms with Gasteiger partial charge in [-0.3, -0.25) is 4.79 Å². The number of hydrogen-bond acceptors (Lipinski definition) is 4. The SMILES string of the molecule is COc1cccc(OC(C)C(=O)NCCCCN2CCCC2)c1. The highest BCUT2D eigenvalue weighted by atomic mass is 16.5. The molecule has 0 aliphatic carbocycles. The predicted octanol–water partition coefficient (Wildman–Crippen LogP) is 2.45. The maximum Gasteiger partial charge on any atom is 0.260 e. The van der Waals surface area contributed by atoms with E-state index >= 15 is 0 Å².